The smallest absolute Gasteiger partial charge is 0.294 e. The molecule has 1 aromatic carbocycles. The van der Waals surface area contributed by atoms with Crippen molar-refractivity contribution in [3.63, 3.8) is 0 Å². The molecule has 0 saturated heterocycles. The van der Waals surface area contributed by atoms with Gasteiger partial charge < -0.3 is 9.84 Å². The Bertz CT molecular complexity index is 721. The summed E-state index contributed by atoms with van der Waals surface area (Å²) < 4.78 is 27.2. The van der Waals surface area contributed by atoms with Crippen LogP contribution in [-0.2, 0) is 10.0 Å². The third-order valence-corrected chi connectivity index (χ3v) is 3.29. The van der Waals surface area contributed by atoms with Crippen molar-refractivity contribution in [3.05, 3.63) is 41.8 Å². The molecule has 19 heavy (non-hydrogen) atoms. The number of primary sulfonamides is 1. The van der Waals surface area contributed by atoms with E-state index in [2.05, 4.69) is 10.5 Å². The molecule has 2 aromatic rings. The van der Waals surface area contributed by atoms with E-state index in [-0.39, 0.29) is 10.7 Å². The zero-order chi connectivity index (χ0) is 14.0. The van der Waals surface area contributed by atoms with Crippen molar-refractivity contribution >= 4 is 21.6 Å². The molecular weight excluding hydrogens is 270 g/mol. The van der Waals surface area contributed by atoms with Crippen LogP contribution >= 0.6 is 0 Å². The Hall–Kier alpha value is -2.19. The molecule has 0 saturated carbocycles. The van der Waals surface area contributed by atoms with Gasteiger partial charge in [-0.2, -0.15) is 0 Å². The number of rotatable bonds is 3. The van der Waals surface area contributed by atoms with E-state index in [1.54, 1.807) is 6.92 Å². The van der Waals surface area contributed by atoms with E-state index < -0.39 is 15.9 Å². The van der Waals surface area contributed by atoms with Crippen LogP contribution in [0.4, 0.5) is 5.69 Å². The highest BCUT2D eigenvalue weighted by molar-refractivity contribution is 7.89. The minimum absolute atomic E-state index is 0.0704. The van der Waals surface area contributed by atoms with Crippen LogP contribution in [0.25, 0.3) is 0 Å². The maximum atomic E-state index is 11.8. The molecule has 0 fully saturated rings. The van der Waals surface area contributed by atoms with Crippen molar-refractivity contribution in [2.45, 2.75) is 11.8 Å². The molecule has 0 unspecified atom stereocenters. The highest BCUT2D eigenvalue weighted by atomic mass is 32.2. The SMILES string of the molecule is Cc1cnoc1C(=O)Nc1cccc(S(N)(=O)=O)c1. The molecule has 3 N–H and O–H groups in total. The van der Waals surface area contributed by atoms with E-state index in [1.807, 2.05) is 0 Å². The monoisotopic (exact) mass is 281 g/mol. The predicted octanol–water partition coefficient (Wildman–Crippen LogP) is 0.883. The minimum Gasteiger partial charge on any atom is -0.351 e. The van der Waals surface area contributed by atoms with Gasteiger partial charge in [0.15, 0.2) is 0 Å². The summed E-state index contributed by atoms with van der Waals surface area (Å²) in [5, 5.41) is 11.0. The van der Waals surface area contributed by atoms with E-state index in [4.69, 9.17) is 9.66 Å². The van der Waals surface area contributed by atoms with Crippen LogP contribution in [0.1, 0.15) is 16.1 Å². The van der Waals surface area contributed by atoms with Crippen molar-refractivity contribution < 1.29 is 17.7 Å². The number of carbonyl (C=O) groups is 1. The minimum atomic E-state index is -3.81. The van der Waals surface area contributed by atoms with E-state index in [1.165, 1.54) is 30.5 Å². The van der Waals surface area contributed by atoms with Crippen molar-refractivity contribution in [1.82, 2.24) is 5.16 Å². The Kier molecular flexibility index (Phi) is 3.36. The largest absolute Gasteiger partial charge is 0.351 e. The van der Waals surface area contributed by atoms with Gasteiger partial charge in [-0.05, 0) is 25.1 Å². The van der Waals surface area contributed by atoms with Gasteiger partial charge in [0.25, 0.3) is 5.91 Å². The van der Waals surface area contributed by atoms with Crippen molar-refractivity contribution in [2.75, 3.05) is 5.32 Å². The molecule has 0 aliphatic carbocycles. The second-order valence-electron chi connectivity index (χ2n) is 3.86. The van der Waals surface area contributed by atoms with E-state index in [0.29, 0.717) is 11.3 Å². The average molecular weight is 281 g/mol. The Morgan fingerprint density at radius 1 is 1.42 bits per heavy atom. The van der Waals surface area contributed by atoms with Crippen LogP contribution in [0.2, 0.25) is 0 Å². The summed E-state index contributed by atoms with van der Waals surface area (Å²) in [6, 6.07) is 5.62. The van der Waals surface area contributed by atoms with Crippen LogP contribution < -0.4 is 10.5 Å². The number of nitrogens with two attached hydrogens (primary N) is 1. The normalized spacial score (nSPS) is 11.3. The fourth-order valence-electron chi connectivity index (χ4n) is 1.45. The molecule has 1 heterocycles. The number of amides is 1. The van der Waals surface area contributed by atoms with Gasteiger partial charge in [-0.15, -0.1) is 0 Å². The summed E-state index contributed by atoms with van der Waals surface area (Å²) in [5.41, 5.74) is 0.882. The molecule has 0 spiro atoms. The van der Waals surface area contributed by atoms with Gasteiger partial charge in [0.2, 0.25) is 15.8 Å². The van der Waals surface area contributed by atoms with Gasteiger partial charge in [0.1, 0.15) is 0 Å². The maximum Gasteiger partial charge on any atom is 0.294 e. The first-order chi connectivity index (χ1) is 8.88. The highest BCUT2D eigenvalue weighted by Gasteiger charge is 2.15. The number of anilines is 1. The van der Waals surface area contributed by atoms with Gasteiger partial charge in [-0.25, -0.2) is 13.6 Å². The van der Waals surface area contributed by atoms with Gasteiger partial charge in [-0.1, -0.05) is 11.2 Å². The van der Waals surface area contributed by atoms with Gasteiger partial charge >= 0.3 is 0 Å². The summed E-state index contributed by atoms with van der Waals surface area (Å²) in [5.74, 6) is -0.442. The summed E-state index contributed by atoms with van der Waals surface area (Å²) in [6.45, 7) is 1.67. The molecule has 0 radical (unpaired) electrons. The third kappa shape index (κ3) is 2.98. The number of carbonyl (C=O) groups excluding carboxylic acids is 1. The first kappa shape index (κ1) is 13.2. The van der Waals surface area contributed by atoms with Gasteiger partial charge in [0.05, 0.1) is 11.1 Å². The van der Waals surface area contributed by atoms with Gasteiger partial charge in [0, 0.05) is 11.3 Å². The van der Waals surface area contributed by atoms with Gasteiger partial charge in [-0.3, -0.25) is 4.79 Å². The molecule has 0 aliphatic rings. The zero-order valence-corrected chi connectivity index (χ0v) is 10.8. The fraction of sp³-hybridized carbons (Fsp3) is 0.0909. The standard InChI is InChI=1S/C11H11N3O4S/c1-7-6-13-18-10(7)11(15)14-8-3-2-4-9(5-8)19(12,16)17/h2-6H,1H3,(H,14,15)(H2,12,16,17). The number of nitrogens with zero attached hydrogens (tertiary/aromatic N) is 1. The number of aryl methyl sites for hydroxylation is 1. The van der Waals surface area contributed by atoms with Crippen molar-refractivity contribution in [2.24, 2.45) is 5.14 Å². The Labute approximate surface area is 109 Å². The number of hydrogen-bond acceptors (Lipinski definition) is 5. The topological polar surface area (TPSA) is 115 Å². The number of hydrogen-bond donors (Lipinski definition) is 2. The lowest BCUT2D eigenvalue weighted by Gasteiger charge is -2.05. The number of benzene rings is 1. The molecule has 7 nitrogen and oxygen atoms in total. The van der Waals surface area contributed by atoms with Crippen LogP contribution in [0.15, 0.2) is 39.9 Å². The van der Waals surface area contributed by atoms with Crippen LogP contribution in [-0.4, -0.2) is 19.5 Å². The lowest BCUT2D eigenvalue weighted by molar-refractivity contribution is 0.0987. The second kappa shape index (κ2) is 4.82. The first-order valence-corrected chi connectivity index (χ1v) is 6.78. The fourth-order valence-corrected chi connectivity index (χ4v) is 2.01. The number of sulfonamides is 1. The molecule has 1 amide bonds. The molecular formula is C11H11N3O4S. The molecule has 0 bridgehead atoms. The molecule has 2 rings (SSSR count). The molecule has 100 valence electrons. The van der Waals surface area contributed by atoms with Crippen LogP contribution in [0.3, 0.4) is 0 Å². The maximum absolute atomic E-state index is 11.8. The highest BCUT2D eigenvalue weighted by Crippen LogP contribution is 2.16. The van der Waals surface area contributed by atoms with E-state index in [0.717, 1.165) is 0 Å². The molecule has 0 atom stereocenters. The average Bonchev–Trinajstić information content (AvgIpc) is 2.75. The Balaban J connectivity index is 2.25. The molecule has 0 aliphatic heterocycles. The Morgan fingerprint density at radius 3 is 2.74 bits per heavy atom. The summed E-state index contributed by atoms with van der Waals surface area (Å²) >= 11 is 0. The van der Waals surface area contributed by atoms with E-state index in [9.17, 15) is 13.2 Å². The van der Waals surface area contributed by atoms with Crippen molar-refractivity contribution in [3.8, 4) is 0 Å². The second-order valence-corrected chi connectivity index (χ2v) is 5.43. The lowest BCUT2D eigenvalue weighted by Crippen LogP contribution is -2.15. The Morgan fingerprint density at radius 2 is 2.16 bits per heavy atom. The summed E-state index contributed by atoms with van der Waals surface area (Å²) in [7, 11) is -3.81. The van der Waals surface area contributed by atoms with Crippen LogP contribution in [0.5, 0.6) is 0 Å². The van der Waals surface area contributed by atoms with E-state index >= 15 is 0 Å². The summed E-state index contributed by atoms with van der Waals surface area (Å²) in [4.78, 5) is 11.7. The number of nitrogens with one attached hydrogen (secondary N) is 1. The van der Waals surface area contributed by atoms with Crippen LogP contribution in [0, 0.1) is 6.92 Å². The zero-order valence-electron chi connectivity index (χ0n) is 9.95. The first-order valence-electron chi connectivity index (χ1n) is 5.23. The quantitative estimate of drug-likeness (QED) is 0.866. The number of aromatic nitrogens is 1. The lowest BCUT2D eigenvalue weighted by atomic mass is 10.2. The van der Waals surface area contributed by atoms with Crippen molar-refractivity contribution in [1.29, 1.82) is 0 Å². The third-order valence-electron chi connectivity index (χ3n) is 2.38. The predicted molar refractivity (Wildman–Crippen MR) is 67.0 cm³/mol. The molecule has 8 heteroatoms. The molecule has 1 aromatic heterocycles. The summed E-state index contributed by atoms with van der Waals surface area (Å²) in [6.07, 6.45) is 1.41.